The highest BCUT2D eigenvalue weighted by Gasteiger charge is 2.36. The number of alkyl halides is 2. The van der Waals surface area contributed by atoms with Crippen molar-refractivity contribution in [2.24, 2.45) is 11.7 Å². The second-order valence-corrected chi connectivity index (χ2v) is 5.10. The molecule has 1 saturated carbocycles. The van der Waals surface area contributed by atoms with Crippen LogP contribution in [-0.4, -0.2) is 15.7 Å². The van der Waals surface area contributed by atoms with E-state index in [9.17, 15) is 8.78 Å². The molecule has 2 N–H and O–H groups in total. The van der Waals surface area contributed by atoms with E-state index in [1.165, 1.54) is 0 Å². The summed E-state index contributed by atoms with van der Waals surface area (Å²) in [5.74, 6) is -2.46. The Kier molecular flexibility index (Phi) is 3.47. The van der Waals surface area contributed by atoms with Gasteiger partial charge in [0.15, 0.2) is 0 Å². The molecule has 1 aromatic heterocycles. The van der Waals surface area contributed by atoms with Gasteiger partial charge < -0.3 is 5.73 Å². The van der Waals surface area contributed by atoms with E-state index >= 15 is 0 Å². The largest absolute Gasteiger partial charge is 0.324 e. The minimum Gasteiger partial charge on any atom is -0.324 e. The predicted molar refractivity (Wildman–Crippen MR) is 61.7 cm³/mol. The number of halogens is 2. The zero-order chi connectivity index (χ0) is 12.5. The standard InChI is InChI=1S/C12H19F2N3/c1-9(15)11-6-16-17(8-11)7-10-3-2-4-12(13,14)5-10/h6,8-10H,2-5,7,15H2,1H3. The molecule has 2 unspecified atom stereocenters. The Morgan fingerprint density at radius 2 is 2.41 bits per heavy atom. The van der Waals surface area contributed by atoms with Gasteiger partial charge in [-0.2, -0.15) is 5.10 Å². The van der Waals surface area contributed by atoms with Gasteiger partial charge in [-0.25, -0.2) is 8.78 Å². The van der Waals surface area contributed by atoms with Crippen LogP contribution in [0.15, 0.2) is 12.4 Å². The lowest BCUT2D eigenvalue weighted by Crippen LogP contribution is -2.28. The van der Waals surface area contributed by atoms with Crippen LogP contribution in [0, 0.1) is 5.92 Å². The maximum atomic E-state index is 13.2. The normalized spacial score (nSPS) is 25.8. The number of nitrogens with zero attached hydrogens (tertiary/aromatic N) is 2. The Bertz CT molecular complexity index is 374. The molecule has 1 aromatic rings. The maximum Gasteiger partial charge on any atom is 0.248 e. The third kappa shape index (κ3) is 3.25. The van der Waals surface area contributed by atoms with Crippen LogP contribution >= 0.6 is 0 Å². The van der Waals surface area contributed by atoms with Gasteiger partial charge in [0.25, 0.3) is 0 Å². The molecule has 1 aliphatic carbocycles. The minimum absolute atomic E-state index is 0.0135. The molecular weight excluding hydrogens is 224 g/mol. The van der Waals surface area contributed by atoms with Crippen LogP contribution in [-0.2, 0) is 6.54 Å². The second kappa shape index (κ2) is 4.72. The van der Waals surface area contributed by atoms with Crippen molar-refractivity contribution in [3.63, 3.8) is 0 Å². The molecule has 0 aromatic carbocycles. The number of aromatic nitrogens is 2. The quantitative estimate of drug-likeness (QED) is 0.887. The van der Waals surface area contributed by atoms with E-state index in [1.807, 2.05) is 13.1 Å². The van der Waals surface area contributed by atoms with Crippen molar-refractivity contribution in [1.82, 2.24) is 9.78 Å². The molecule has 1 aliphatic rings. The Balaban J connectivity index is 1.95. The smallest absolute Gasteiger partial charge is 0.248 e. The molecule has 0 spiro atoms. The summed E-state index contributed by atoms with van der Waals surface area (Å²) in [6.45, 7) is 2.46. The maximum absolute atomic E-state index is 13.2. The first kappa shape index (κ1) is 12.5. The summed E-state index contributed by atoms with van der Waals surface area (Å²) < 4.78 is 28.2. The van der Waals surface area contributed by atoms with Crippen molar-refractivity contribution in [3.05, 3.63) is 18.0 Å². The molecule has 0 saturated heterocycles. The molecular formula is C12H19F2N3. The number of rotatable bonds is 3. The van der Waals surface area contributed by atoms with Crippen LogP contribution in [0.3, 0.4) is 0 Å². The van der Waals surface area contributed by atoms with Crippen molar-refractivity contribution in [2.75, 3.05) is 0 Å². The van der Waals surface area contributed by atoms with Crippen molar-refractivity contribution < 1.29 is 8.78 Å². The predicted octanol–water partition coefficient (Wildman–Crippen LogP) is 2.73. The van der Waals surface area contributed by atoms with E-state index in [0.717, 1.165) is 12.0 Å². The van der Waals surface area contributed by atoms with Crippen molar-refractivity contribution >= 4 is 0 Å². The van der Waals surface area contributed by atoms with E-state index in [0.29, 0.717) is 13.0 Å². The molecule has 0 radical (unpaired) electrons. The van der Waals surface area contributed by atoms with Gasteiger partial charge in [0.1, 0.15) is 0 Å². The highest BCUT2D eigenvalue weighted by Crippen LogP contribution is 2.37. The lowest BCUT2D eigenvalue weighted by molar-refractivity contribution is -0.0551. The van der Waals surface area contributed by atoms with Crippen LogP contribution in [0.4, 0.5) is 8.78 Å². The van der Waals surface area contributed by atoms with Gasteiger partial charge >= 0.3 is 0 Å². The molecule has 96 valence electrons. The first-order valence-electron chi connectivity index (χ1n) is 6.12. The van der Waals surface area contributed by atoms with Crippen LogP contribution < -0.4 is 5.73 Å². The zero-order valence-electron chi connectivity index (χ0n) is 10.1. The van der Waals surface area contributed by atoms with Gasteiger partial charge in [-0.05, 0) is 25.7 Å². The number of hydrogen-bond acceptors (Lipinski definition) is 2. The summed E-state index contributed by atoms with van der Waals surface area (Å²) in [6.07, 6.45) is 5.07. The Morgan fingerprint density at radius 1 is 1.65 bits per heavy atom. The molecule has 0 amide bonds. The molecule has 1 fully saturated rings. The second-order valence-electron chi connectivity index (χ2n) is 5.10. The van der Waals surface area contributed by atoms with E-state index in [4.69, 9.17) is 5.73 Å². The highest BCUT2D eigenvalue weighted by molar-refractivity contribution is 5.08. The minimum atomic E-state index is -2.49. The van der Waals surface area contributed by atoms with Crippen LogP contribution in [0.25, 0.3) is 0 Å². The summed E-state index contributed by atoms with van der Waals surface area (Å²) in [5, 5.41) is 4.17. The van der Waals surface area contributed by atoms with Gasteiger partial charge in [-0.1, -0.05) is 0 Å². The molecule has 0 aliphatic heterocycles. The molecule has 3 nitrogen and oxygen atoms in total. The lowest BCUT2D eigenvalue weighted by atomic mass is 9.86. The topological polar surface area (TPSA) is 43.8 Å². The Morgan fingerprint density at radius 3 is 3.00 bits per heavy atom. The van der Waals surface area contributed by atoms with Crippen molar-refractivity contribution in [3.8, 4) is 0 Å². The highest BCUT2D eigenvalue weighted by atomic mass is 19.3. The molecule has 2 atom stereocenters. The molecule has 2 rings (SSSR count). The van der Waals surface area contributed by atoms with Gasteiger partial charge in [0.2, 0.25) is 5.92 Å². The molecule has 5 heteroatoms. The molecule has 1 heterocycles. The van der Waals surface area contributed by atoms with E-state index in [-0.39, 0.29) is 24.8 Å². The third-order valence-electron chi connectivity index (χ3n) is 3.37. The lowest BCUT2D eigenvalue weighted by Gasteiger charge is -2.28. The van der Waals surface area contributed by atoms with E-state index in [1.54, 1.807) is 10.9 Å². The molecule has 0 bridgehead atoms. The SMILES string of the molecule is CC(N)c1cnn(CC2CCCC(F)(F)C2)c1. The van der Waals surface area contributed by atoms with Crippen LogP contribution in [0.2, 0.25) is 0 Å². The summed E-state index contributed by atoms with van der Waals surface area (Å²) in [4.78, 5) is 0. The summed E-state index contributed by atoms with van der Waals surface area (Å²) in [7, 11) is 0. The first-order chi connectivity index (χ1) is 7.96. The van der Waals surface area contributed by atoms with Gasteiger partial charge in [0.05, 0.1) is 6.20 Å². The summed E-state index contributed by atoms with van der Waals surface area (Å²) >= 11 is 0. The molecule has 17 heavy (non-hydrogen) atoms. The van der Waals surface area contributed by atoms with E-state index < -0.39 is 5.92 Å². The van der Waals surface area contributed by atoms with Crippen LogP contribution in [0.5, 0.6) is 0 Å². The Hall–Kier alpha value is -0.970. The zero-order valence-corrected chi connectivity index (χ0v) is 10.1. The third-order valence-corrected chi connectivity index (χ3v) is 3.37. The fourth-order valence-corrected chi connectivity index (χ4v) is 2.41. The monoisotopic (exact) mass is 243 g/mol. The first-order valence-corrected chi connectivity index (χ1v) is 6.12. The fourth-order valence-electron chi connectivity index (χ4n) is 2.41. The van der Waals surface area contributed by atoms with Crippen molar-refractivity contribution in [1.29, 1.82) is 0 Å². The summed E-state index contributed by atoms with van der Waals surface area (Å²) in [5.41, 5.74) is 6.68. The average molecular weight is 243 g/mol. The fraction of sp³-hybridized carbons (Fsp3) is 0.750. The number of hydrogen-bond donors (Lipinski definition) is 1. The Labute approximate surface area is 100.0 Å². The summed E-state index contributed by atoms with van der Waals surface area (Å²) in [6, 6.07) is -0.0588. The number of nitrogens with two attached hydrogens (primary N) is 1. The van der Waals surface area contributed by atoms with Crippen LogP contribution in [0.1, 0.15) is 44.2 Å². The van der Waals surface area contributed by atoms with Gasteiger partial charge in [0, 0.05) is 37.2 Å². The van der Waals surface area contributed by atoms with E-state index in [2.05, 4.69) is 5.10 Å². The van der Waals surface area contributed by atoms with Gasteiger partial charge in [-0.3, -0.25) is 4.68 Å². The van der Waals surface area contributed by atoms with Crippen molar-refractivity contribution in [2.45, 2.75) is 51.1 Å². The van der Waals surface area contributed by atoms with Gasteiger partial charge in [-0.15, -0.1) is 0 Å². The average Bonchev–Trinajstić information content (AvgIpc) is 2.64.